The number of hydrogen-bond donors (Lipinski definition) is 1. The first kappa shape index (κ1) is 24.7. The number of ketones is 1. The quantitative estimate of drug-likeness (QED) is 0.299. The highest BCUT2D eigenvalue weighted by Crippen LogP contribution is 2.27. The number of carbonyl (C=O) groups is 2. The van der Waals surface area contributed by atoms with Crippen molar-refractivity contribution in [3.8, 4) is 0 Å². The Labute approximate surface area is 209 Å². The maximum Gasteiger partial charge on any atom is 0.322 e. The molecule has 0 unspecified atom stereocenters. The minimum Gasteiger partial charge on any atom is -0.317 e. The summed E-state index contributed by atoms with van der Waals surface area (Å²) in [6.07, 6.45) is 6.84. The van der Waals surface area contributed by atoms with Crippen LogP contribution in [0.1, 0.15) is 76.7 Å². The fourth-order valence-corrected chi connectivity index (χ4v) is 5.21. The summed E-state index contributed by atoms with van der Waals surface area (Å²) in [7, 11) is 0. The van der Waals surface area contributed by atoms with Gasteiger partial charge in [-0.2, -0.15) is 0 Å². The second kappa shape index (κ2) is 11.4. The lowest BCUT2D eigenvalue weighted by molar-refractivity contribution is 0.103. The standard InChI is InChI=1S/C31H36N2O2/c1-22-19-23(2)29(24(3)20-22)32-31(35)33(28-13-9-4-5-10-14-28)21-25-15-17-27(18-16-25)30(34)26-11-7-6-8-12-26/h6-8,11-12,15-20,28H,4-5,9-10,13-14,21H2,1-3H3,(H,32,35). The Hall–Kier alpha value is -3.40. The van der Waals surface area contributed by atoms with Crippen LogP contribution in [0.5, 0.6) is 0 Å². The van der Waals surface area contributed by atoms with Gasteiger partial charge in [-0.15, -0.1) is 0 Å². The summed E-state index contributed by atoms with van der Waals surface area (Å²) >= 11 is 0. The van der Waals surface area contributed by atoms with Gasteiger partial charge in [0.15, 0.2) is 5.78 Å². The number of urea groups is 1. The monoisotopic (exact) mass is 468 g/mol. The molecule has 0 atom stereocenters. The first-order valence-corrected chi connectivity index (χ1v) is 12.8. The molecule has 3 aromatic carbocycles. The lowest BCUT2D eigenvalue weighted by Gasteiger charge is -2.32. The number of amides is 2. The second-order valence-corrected chi connectivity index (χ2v) is 9.87. The van der Waals surface area contributed by atoms with Crippen molar-refractivity contribution in [3.63, 3.8) is 0 Å². The molecule has 0 spiro atoms. The molecule has 0 aliphatic heterocycles. The molecule has 1 aliphatic rings. The van der Waals surface area contributed by atoms with Crippen molar-refractivity contribution in [2.75, 3.05) is 5.32 Å². The number of rotatable bonds is 6. The molecule has 4 nitrogen and oxygen atoms in total. The van der Waals surface area contributed by atoms with Gasteiger partial charge in [-0.05, 0) is 50.3 Å². The van der Waals surface area contributed by atoms with Gasteiger partial charge in [0, 0.05) is 29.4 Å². The molecule has 1 fully saturated rings. The zero-order chi connectivity index (χ0) is 24.8. The van der Waals surface area contributed by atoms with Crippen molar-refractivity contribution in [1.82, 2.24) is 4.90 Å². The van der Waals surface area contributed by atoms with Crippen LogP contribution in [0.3, 0.4) is 0 Å². The molecule has 1 N–H and O–H groups in total. The van der Waals surface area contributed by atoms with Crippen LogP contribution in [0.15, 0.2) is 66.7 Å². The van der Waals surface area contributed by atoms with E-state index in [0.29, 0.717) is 17.7 Å². The van der Waals surface area contributed by atoms with E-state index in [4.69, 9.17) is 0 Å². The predicted molar refractivity (Wildman–Crippen MR) is 143 cm³/mol. The molecular formula is C31H36N2O2. The van der Waals surface area contributed by atoms with Crippen molar-refractivity contribution in [3.05, 3.63) is 100 Å². The predicted octanol–water partition coefficient (Wildman–Crippen LogP) is 7.60. The number of aryl methyl sites for hydroxylation is 3. The van der Waals surface area contributed by atoms with E-state index in [0.717, 1.165) is 48.1 Å². The van der Waals surface area contributed by atoms with Crippen molar-refractivity contribution in [1.29, 1.82) is 0 Å². The summed E-state index contributed by atoms with van der Waals surface area (Å²) in [6.45, 7) is 6.71. The Bertz CT molecular complexity index is 1140. The molecule has 4 heteroatoms. The summed E-state index contributed by atoms with van der Waals surface area (Å²) < 4.78 is 0. The number of hydrogen-bond acceptors (Lipinski definition) is 2. The number of anilines is 1. The Kier molecular flexibility index (Phi) is 8.02. The molecule has 4 rings (SSSR count). The zero-order valence-electron chi connectivity index (χ0n) is 21.1. The van der Waals surface area contributed by atoms with Crippen LogP contribution < -0.4 is 5.32 Å². The molecule has 35 heavy (non-hydrogen) atoms. The zero-order valence-corrected chi connectivity index (χ0v) is 21.1. The molecule has 182 valence electrons. The Morgan fingerprint density at radius 2 is 1.37 bits per heavy atom. The Balaban J connectivity index is 1.55. The van der Waals surface area contributed by atoms with Gasteiger partial charge in [0.05, 0.1) is 0 Å². The van der Waals surface area contributed by atoms with Crippen molar-refractivity contribution >= 4 is 17.5 Å². The highest BCUT2D eigenvalue weighted by Gasteiger charge is 2.26. The van der Waals surface area contributed by atoms with E-state index in [1.807, 2.05) is 73.3 Å². The maximum absolute atomic E-state index is 13.6. The van der Waals surface area contributed by atoms with E-state index in [1.165, 1.54) is 18.4 Å². The van der Waals surface area contributed by atoms with E-state index in [1.54, 1.807) is 0 Å². The molecule has 2 amide bonds. The minimum absolute atomic E-state index is 0.0147. The Morgan fingerprint density at radius 3 is 1.97 bits per heavy atom. The maximum atomic E-state index is 13.6. The summed E-state index contributed by atoms with van der Waals surface area (Å²) in [5.74, 6) is 0.0147. The lowest BCUT2D eigenvalue weighted by Crippen LogP contribution is -2.42. The van der Waals surface area contributed by atoms with Crippen LogP contribution in [-0.2, 0) is 6.54 Å². The van der Waals surface area contributed by atoms with E-state index in [2.05, 4.69) is 24.4 Å². The average molecular weight is 469 g/mol. The molecule has 1 aliphatic carbocycles. The van der Waals surface area contributed by atoms with E-state index in [-0.39, 0.29) is 17.9 Å². The fraction of sp³-hybridized carbons (Fsp3) is 0.355. The third-order valence-electron chi connectivity index (χ3n) is 7.04. The van der Waals surface area contributed by atoms with Gasteiger partial charge in [0.25, 0.3) is 0 Å². The van der Waals surface area contributed by atoms with Crippen LogP contribution in [0.4, 0.5) is 10.5 Å². The third kappa shape index (κ3) is 6.19. The van der Waals surface area contributed by atoms with Crippen molar-refractivity contribution in [2.45, 2.75) is 71.9 Å². The second-order valence-electron chi connectivity index (χ2n) is 9.87. The van der Waals surface area contributed by atoms with Gasteiger partial charge in [0.1, 0.15) is 0 Å². The van der Waals surface area contributed by atoms with Crippen molar-refractivity contribution in [2.24, 2.45) is 0 Å². The molecule has 1 saturated carbocycles. The highest BCUT2D eigenvalue weighted by atomic mass is 16.2. The molecule has 0 radical (unpaired) electrons. The lowest BCUT2D eigenvalue weighted by atomic mass is 10.0. The molecule has 0 bridgehead atoms. The number of nitrogens with one attached hydrogen (secondary N) is 1. The summed E-state index contributed by atoms with van der Waals surface area (Å²) in [6, 6.07) is 21.5. The van der Waals surface area contributed by atoms with Crippen molar-refractivity contribution < 1.29 is 9.59 Å². The molecule has 0 aromatic heterocycles. The van der Waals surface area contributed by atoms with Crippen LogP contribution in [-0.4, -0.2) is 22.8 Å². The normalized spacial score (nSPS) is 14.3. The molecule has 0 heterocycles. The first-order chi connectivity index (χ1) is 16.9. The van der Waals surface area contributed by atoms with Crippen LogP contribution in [0.2, 0.25) is 0 Å². The topological polar surface area (TPSA) is 49.4 Å². The first-order valence-electron chi connectivity index (χ1n) is 12.8. The summed E-state index contributed by atoms with van der Waals surface area (Å²) in [4.78, 5) is 28.4. The summed E-state index contributed by atoms with van der Waals surface area (Å²) in [5.41, 5.74) is 6.65. The number of benzene rings is 3. The molecule has 3 aromatic rings. The number of carbonyl (C=O) groups excluding carboxylic acids is 2. The van der Waals surface area contributed by atoms with Gasteiger partial charge in [-0.1, -0.05) is 98.0 Å². The fourth-order valence-electron chi connectivity index (χ4n) is 5.21. The van der Waals surface area contributed by atoms with E-state index < -0.39 is 0 Å². The van der Waals surface area contributed by atoms with E-state index >= 15 is 0 Å². The van der Waals surface area contributed by atoms with E-state index in [9.17, 15) is 9.59 Å². The summed E-state index contributed by atoms with van der Waals surface area (Å²) in [5, 5.41) is 3.23. The largest absolute Gasteiger partial charge is 0.322 e. The SMILES string of the molecule is Cc1cc(C)c(NC(=O)N(Cc2ccc(C(=O)c3ccccc3)cc2)C2CCCCCC2)c(C)c1. The highest BCUT2D eigenvalue weighted by molar-refractivity contribution is 6.08. The Morgan fingerprint density at radius 1 is 0.800 bits per heavy atom. The van der Waals surface area contributed by atoms with Gasteiger partial charge >= 0.3 is 6.03 Å². The number of nitrogens with zero attached hydrogens (tertiary/aromatic N) is 1. The van der Waals surface area contributed by atoms with Gasteiger partial charge in [-0.3, -0.25) is 4.79 Å². The minimum atomic E-state index is -0.0450. The van der Waals surface area contributed by atoms with Gasteiger partial charge in [-0.25, -0.2) is 4.79 Å². The molecule has 0 saturated heterocycles. The van der Waals surface area contributed by atoms with Crippen LogP contribution in [0.25, 0.3) is 0 Å². The van der Waals surface area contributed by atoms with Gasteiger partial charge < -0.3 is 10.2 Å². The average Bonchev–Trinajstić information content (AvgIpc) is 3.14. The van der Waals surface area contributed by atoms with Crippen LogP contribution in [0, 0.1) is 20.8 Å². The molecular weight excluding hydrogens is 432 g/mol. The van der Waals surface area contributed by atoms with Gasteiger partial charge in [0.2, 0.25) is 0 Å². The van der Waals surface area contributed by atoms with Crippen LogP contribution >= 0.6 is 0 Å². The smallest absolute Gasteiger partial charge is 0.317 e. The third-order valence-corrected chi connectivity index (χ3v) is 7.04.